The Kier molecular flexibility index (Phi) is 5.76. The molecule has 1 heterocycles. The Morgan fingerprint density at radius 3 is 2.81 bits per heavy atom. The summed E-state index contributed by atoms with van der Waals surface area (Å²) in [6, 6.07) is 13.9. The number of ether oxygens (including phenoxy) is 1. The largest absolute Gasteiger partial charge is 0.484 e. The van der Waals surface area contributed by atoms with Crippen LogP contribution in [0.5, 0.6) is 5.75 Å². The van der Waals surface area contributed by atoms with Crippen LogP contribution >= 0.6 is 23.4 Å². The first kappa shape index (κ1) is 20.6. The van der Waals surface area contributed by atoms with Crippen molar-refractivity contribution < 1.29 is 9.53 Å². The van der Waals surface area contributed by atoms with Gasteiger partial charge in [0.15, 0.2) is 16.8 Å². The van der Waals surface area contributed by atoms with Crippen molar-refractivity contribution in [2.45, 2.75) is 62.1 Å². The lowest BCUT2D eigenvalue weighted by atomic mass is 10.0. The molecule has 1 saturated carbocycles. The predicted molar refractivity (Wildman–Crippen MR) is 122 cm³/mol. The molecule has 2 aromatic carbocycles. The number of carbonyl (C=O) groups is 1. The molecule has 0 bridgehead atoms. The van der Waals surface area contributed by atoms with E-state index in [2.05, 4.69) is 26.9 Å². The van der Waals surface area contributed by atoms with Crippen LogP contribution in [0.4, 0.5) is 0 Å². The summed E-state index contributed by atoms with van der Waals surface area (Å²) >= 11 is 7.68. The Morgan fingerprint density at radius 2 is 2.00 bits per heavy atom. The van der Waals surface area contributed by atoms with Crippen molar-refractivity contribution in [2.75, 3.05) is 0 Å². The number of halogens is 1. The van der Waals surface area contributed by atoms with Gasteiger partial charge in [-0.2, -0.15) is 0 Å². The number of carbonyl (C=O) groups excluding carboxylic acids is 1. The average Bonchev–Trinajstić information content (AvgIpc) is 3.36. The third kappa shape index (κ3) is 4.37. The number of hydrogen-bond acceptors (Lipinski definition) is 5. The summed E-state index contributed by atoms with van der Waals surface area (Å²) in [5.41, 5.74) is 3.50. The quantitative estimate of drug-likeness (QED) is 0.323. The van der Waals surface area contributed by atoms with E-state index in [1.807, 2.05) is 31.2 Å². The van der Waals surface area contributed by atoms with Crippen LogP contribution in [0.1, 0.15) is 59.5 Å². The highest BCUT2D eigenvalue weighted by molar-refractivity contribution is 8.00. The minimum Gasteiger partial charge on any atom is -0.484 e. The molecule has 160 valence electrons. The maximum absolute atomic E-state index is 13.1. The van der Waals surface area contributed by atoms with E-state index >= 15 is 0 Å². The van der Waals surface area contributed by atoms with E-state index in [1.165, 1.54) is 29.3 Å². The Morgan fingerprint density at radius 1 is 1.19 bits per heavy atom. The van der Waals surface area contributed by atoms with Crippen LogP contribution in [0.2, 0.25) is 5.02 Å². The fourth-order valence-corrected chi connectivity index (χ4v) is 5.27. The predicted octanol–water partition coefficient (Wildman–Crippen LogP) is 5.70. The van der Waals surface area contributed by atoms with Gasteiger partial charge in [0.2, 0.25) is 0 Å². The number of ketones is 1. The van der Waals surface area contributed by atoms with Crippen molar-refractivity contribution in [1.82, 2.24) is 14.8 Å². The maximum atomic E-state index is 13.1. The van der Waals surface area contributed by atoms with Crippen molar-refractivity contribution >= 4 is 29.1 Å². The third-order valence-corrected chi connectivity index (χ3v) is 7.24. The smallest absolute Gasteiger partial charge is 0.192 e. The molecule has 1 atom stereocenters. The highest BCUT2D eigenvalue weighted by Crippen LogP contribution is 2.40. The van der Waals surface area contributed by atoms with Crippen LogP contribution in [-0.2, 0) is 19.4 Å². The van der Waals surface area contributed by atoms with Crippen LogP contribution in [0.25, 0.3) is 0 Å². The molecule has 0 spiro atoms. The molecular weight excluding hydrogens is 430 g/mol. The normalized spacial score (nSPS) is 16.2. The van der Waals surface area contributed by atoms with E-state index in [0.29, 0.717) is 23.4 Å². The minimum absolute atomic E-state index is 0.138. The Hall–Kier alpha value is -2.31. The number of aromatic nitrogens is 3. The Labute approximate surface area is 191 Å². The molecule has 2 aliphatic carbocycles. The second kappa shape index (κ2) is 8.67. The molecule has 0 aliphatic heterocycles. The molecule has 0 unspecified atom stereocenters. The van der Waals surface area contributed by atoms with Gasteiger partial charge in [-0.25, -0.2) is 0 Å². The summed E-state index contributed by atoms with van der Waals surface area (Å²) in [6.45, 7) is 2.24. The SMILES string of the molecule is C[C@@H](Sc1nnc(COc2ccccc2Cl)n1C1CC1)C(=O)c1ccc2c(c1)CCC2. The molecule has 3 aromatic rings. The molecule has 1 fully saturated rings. The van der Waals surface area contributed by atoms with Crippen LogP contribution < -0.4 is 4.74 Å². The van der Waals surface area contributed by atoms with Gasteiger partial charge in [0.1, 0.15) is 12.4 Å². The lowest BCUT2D eigenvalue weighted by Gasteiger charge is -2.13. The lowest BCUT2D eigenvalue weighted by Crippen LogP contribution is -2.15. The number of fused-ring (bicyclic) bond motifs is 1. The molecular formula is C24H24ClN3O2S. The topological polar surface area (TPSA) is 57.0 Å². The zero-order chi connectivity index (χ0) is 21.4. The van der Waals surface area contributed by atoms with Crippen LogP contribution in [0.15, 0.2) is 47.6 Å². The molecule has 0 saturated heterocycles. The van der Waals surface area contributed by atoms with E-state index in [4.69, 9.17) is 16.3 Å². The van der Waals surface area contributed by atoms with Gasteiger partial charge < -0.3 is 4.74 Å². The molecule has 1 aromatic heterocycles. The number of para-hydroxylation sites is 1. The van der Waals surface area contributed by atoms with Gasteiger partial charge in [0, 0.05) is 11.6 Å². The van der Waals surface area contributed by atoms with Gasteiger partial charge >= 0.3 is 0 Å². The number of thioether (sulfide) groups is 1. The summed E-state index contributed by atoms with van der Waals surface area (Å²) in [5, 5.41) is 9.88. The van der Waals surface area contributed by atoms with Crippen LogP contribution in [0.3, 0.4) is 0 Å². The van der Waals surface area contributed by atoms with Crippen molar-refractivity contribution in [3.63, 3.8) is 0 Å². The number of rotatable bonds is 8. The van der Waals surface area contributed by atoms with E-state index < -0.39 is 0 Å². The van der Waals surface area contributed by atoms with E-state index in [0.717, 1.165) is 42.2 Å². The first-order chi connectivity index (χ1) is 15.1. The summed E-state index contributed by atoms with van der Waals surface area (Å²) in [6.07, 6.45) is 5.57. The molecule has 0 amide bonds. The van der Waals surface area contributed by atoms with Crippen molar-refractivity contribution in [3.8, 4) is 5.75 Å². The van der Waals surface area contributed by atoms with Gasteiger partial charge in [-0.15, -0.1) is 10.2 Å². The number of nitrogens with zero attached hydrogens (tertiary/aromatic N) is 3. The third-order valence-electron chi connectivity index (χ3n) is 5.88. The lowest BCUT2D eigenvalue weighted by molar-refractivity contribution is 0.0993. The van der Waals surface area contributed by atoms with E-state index in [9.17, 15) is 4.79 Å². The standard InChI is InChI=1S/C24H24ClN3O2S/c1-15(23(29)18-10-9-16-5-4-6-17(16)13-18)31-24-27-26-22(28(24)19-11-12-19)14-30-21-8-3-2-7-20(21)25/h2-3,7-10,13,15,19H,4-6,11-12,14H2,1H3/t15-/m1/s1. The highest BCUT2D eigenvalue weighted by Gasteiger charge is 2.31. The summed E-state index contributed by atoms with van der Waals surface area (Å²) in [4.78, 5) is 13.1. The summed E-state index contributed by atoms with van der Waals surface area (Å²) < 4.78 is 8.02. The van der Waals surface area contributed by atoms with Gasteiger partial charge in [-0.3, -0.25) is 9.36 Å². The number of aryl methyl sites for hydroxylation is 2. The first-order valence-electron chi connectivity index (χ1n) is 10.7. The van der Waals surface area contributed by atoms with Crippen molar-refractivity contribution in [3.05, 3.63) is 70.0 Å². The van der Waals surface area contributed by atoms with Crippen molar-refractivity contribution in [2.24, 2.45) is 0 Å². The number of hydrogen-bond donors (Lipinski definition) is 0. The van der Waals surface area contributed by atoms with Crippen LogP contribution in [0, 0.1) is 0 Å². The Balaban J connectivity index is 1.31. The average molecular weight is 454 g/mol. The fraction of sp³-hybridized carbons (Fsp3) is 0.375. The number of benzene rings is 2. The Bertz CT molecular complexity index is 1130. The van der Waals surface area contributed by atoms with Gasteiger partial charge in [0.25, 0.3) is 0 Å². The maximum Gasteiger partial charge on any atom is 0.192 e. The first-order valence-corrected chi connectivity index (χ1v) is 12.0. The van der Waals surface area contributed by atoms with Gasteiger partial charge in [-0.05, 0) is 68.4 Å². The molecule has 0 radical (unpaired) electrons. The van der Waals surface area contributed by atoms with Gasteiger partial charge in [-0.1, -0.05) is 47.6 Å². The molecule has 7 heteroatoms. The zero-order valence-corrected chi connectivity index (χ0v) is 19.0. The van der Waals surface area contributed by atoms with Gasteiger partial charge in [0.05, 0.1) is 10.3 Å². The molecule has 5 nitrogen and oxygen atoms in total. The van der Waals surface area contributed by atoms with Crippen LogP contribution in [-0.4, -0.2) is 25.8 Å². The minimum atomic E-state index is -0.238. The second-order valence-corrected chi connectivity index (χ2v) is 9.90. The summed E-state index contributed by atoms with van der Waals surface area (Å²) in [7, 11) is 0. The molecule has 0 N–H and O–H groups in total. The molecule has 5 rings (SSSR count). The van der Waals surface area contributed by atoms with E-state index in [1.54, 1.807) is 6.07 Å². The van der Waals surface area contributed by atoms with E-state index in [-0.39, 0.29) is 11.0 Å². The number of Topliss-reactive ketones (excluding diaryl/α,β-unsaturated/α-hetero) is 1. The summed E-state index contributed by atoms with van der Waals surface area (Å²) in [5.74, 6) is 1.53. The van der Waals surface area contributed by atoms with Crippen molar-refractivity contribution in [1.29, 1.82) is 0 Å². The fourth-order valence-electron chi connectivity index (χ4n) is 4.06. The monoisotopic (exact) mass is 453 g/mol. The second-order valence-electron chi connectivity index (χ2n) is 8.18. The molecule has 31 heavy (non-hydrogen) atoms. The molecule has 2 aliphatic rings. The highest BCUT2D eigenvalue weighted by atomic mass is 35.5. The zero-order valence-electron chi connectivity index (χ0n) is 17.4.